The molecule has 0 fully saturated rings. The van der Waals surface area contributed by atoms with Crippen molar-refractivity contribution in [3.05, 3.63) is 69.5 Å². The number of hydrogen-bond donors (Lipinski definition) is 1. The Morgan fingerprint density at radius 2 is 1.63 bits per heavy atom. The van der Waals surface area contributed by atoms with Gasteiger partial charge in [0.25, 0.3) is 0 Å². The summed E-state index contributed by atoms with van der Waals surface area (Å²) in [5, 5.41) is 3.81. The molecule has 2 rings (SSSR count). The molecule has 0 radical (unpaired) electrons. The van der Waals surface area contributed by atoms with Crippen LogP contribution in [0.4, 0.5) is 4.39 Å². The van der Waals surface area contributed by atoms with Crippen LogP contribution in [0.5, 0.6) is 0 Å². The molecule has 0 saturated carbocycles. The van der Waals surface area contributed by atoms with E-state index in [1.165, 1.54) is 17.0 Å². The number of carbonyl (C=O) groups excluding carboxylic acids is 2. The zero-order valence-corrected chi connectivity index (χ0v) is 18.9. The van der Waals surface area contributed by atoms with E-state index in [1.807, 2.05) is 20.8 Å². The van der Waals surface area contributed by atoms with Gasteiger partial charge in [-0.1, -0.05) is 55.2 Å². The molecule has 0 aliphatic heterocycles. The summed E-state index contributed by atoms with van der Waals surface area (Å²) in [4.78, 5) is 27.7. The fourth-order valence-electron chi connectivity index (χ4n) is 3.09. The maximum Gasteiger partial charge on any atom is 0.243 e. The molecule has 2 aromatic rings. The molecule has 0 heterocycles. The lowest BCUT2D eigenvalue weighted by molar-refractivity contribution is -0.141. The van der Waals surface area contributed by atoms with Crippen LogP contribution in [0.3, 0.4) is 0 Å². The molecule has 0 bridgehead atoms. The van der Waals surface area contributed by atoms with E-state index in [9.17, 15) is 14.0 Å². The molecule has 0 aliphatic rings. The van der Waals surface area contributed by atoms with Gasteiger partial charge < -0.3 is 10.2 Å². The third kappa shape index (κ3) is 6.44. The zero-order valence-electron chi connectivity index (χ0n) is 17.4. The monoisotopic (exact) mass is 452 g/mol. The fraction of sp³-hybridized carbons (Fsp3) is 0.391. The zero-order chi connectivity index (χ0) is 22.3. The minimum atomic E-state index is -0.681. The third-order valence-electron chi connectivity index (χ3n) is 5.05. The van der Waals surface area contributed by atoms with Gasteiger partial charge in [0.1, 0.15) is 11.9 Å². The average Bonchev–Trinajstić information content (AvgIpc) is 2.71. The van der Waals surface area contributed by atoms with Crippen molar-refractivity contribution < 1.29 is 14.0 Å². The van der Waals surface area contributed by atoms with Crippen LogP contribution < -0.4 is 5.32 Å². The molecule has 0 aliphatic carbocycles. The molecule has 0 spiro atoms. The fourth-order valence-corrected chi connectivity index (χ4v) is 3.61. The molecule has 0 saturated heterocycles. The van der Waals surface area contributed by atoms with E-state index < -0.39 is 6.04 Å². The van der Waals surface area contributed by atoms with Crippen LogP contribution in [-0.4, -0.2) is 28.8 Å². The quantitative estimate of drug-likeness (QED) is 0.553. The summed E-state index contributed by atoms with van der Waals surface area (Å²) in [6.45, 7) is 5.85. The molecule has 4 nitrogen and oxygen atoms in total. The van der Waals surface area contributed by atoms with Crippen LogP contribution in [-0.2, 0) is 22.6 Å². The van der Waals surface area contributed by atoms with Gasteiger partial charge in [-0.15, -0.1) is 0 Å². The van der Waals surface area contributed by atoms with E-state index in [2.05, 4.69) is 5.32 Å². The number of carbonyl (C=O) groups is 2. The lowest BCUT2D eigenvalue weighted by Crippen LogP contribution is -2.51. The molecule has 0 unspecified atom stereocenters. The molecule has 30 heavy (non-hydrogen) atoms. The van der Waals surface area contributed by atoms with Gasteiger partial charge in [-0.2, -0.15) is 0 Å². The first kappa shape index (κ1) is 24.2. The summed E-state index contributed by atoms with van der Waals surface area (Å²) in [5.41, 5.74) is 1.25. The minimum Gasteiger partial charge on any atom is -0.352 e. The Labute approximate surface area is 187 Å². The molecule has 2 aromatic carbocycles. The van der Waals surface area contributed by atoms with Crippen LogP contribution in [0.2, 0.25) is 10.0 Å². The highest BCUT2D eigenvalue weighted by molar-refractivity contribution is 6.36. The molecule has 2 atom stereocenters. The average molecular weight is 453 g/mol. The molecular weight excluding hydrogens is 426 g/mol. The van der Waals surface area contributed by atoms with E-state index in [1.54, 1.807) is 30.3 Å². The van der Waals surface area contributed by atoms with E-state index in [0.29, 0.717) is 27.6 Å². The molecule has 0 aromatic heterocycles. The SMILES string of the molecule is CC[C@H](C(=O)N[C@@H](C)CC)N(Cc1c(Cl)cccc1Cl)C(=O)Cc1ccc(F)cc1. The van der Waals surface area contributed by atoms with Gasteiger partial charge in [0, 0.05) is 28.2 Å². The van der Waals surface area contributed by atoms with Crippen LogP contribution in [0.1, 0.15) is 44.7 Å². The lowest BCUT2D eigenvalue weighted by atomic mass is 10.1. The van der Waals surface area contributed by atoms with Crippen molar-refractivity contribution in [2.24, 2.45) is 0 Å². The first-order valence-electron chi connectivity index (χ1n) is 10.0. The number of rotatable bonds is 9. The van der Waals surface area contributed by atoms with Crippen LogP contribution in [0.15, 0.2) is 42.5 Å². The maximum atomic E-state index is 13.3. The highest BCUT2D eigenvalue weighted by Crippen LogP contribution is 2.27. The van der Waals surface area contributed by atoms with Gasteiger partial charge in [0.2, 0.25) is 11.8 Å². The van der Waals surface area contributed by atoms with Crippen molar-refractivity contribution in [2.75, 3.05) is 0 Å². The van der Waals surface area contributed by atoms with Gasteiger partial charge in [0.05, 0.1) is 6.42 Å². The van der Waals surface area contributed by atoms with Crippen molar-refractivity contribution in [1.29, 1.82) is 0 Å². The highest BCUT2D eigenvalue weighted by Gasteiger charge is 2.30. The smallest absolute Gasteiger partial charge is 0.243 e. The third-order valence-corrected chi connectivity index (χ3v) is 5.75. The first-order valence-corrected chi connectivity index (χ1v) is 10.8. The summed E-state index contributed by atoms with van der Waals surface area (Å²) in [6.07, 6.45) is 1.25. The number of nitrogens with one attached hydrogen (secondary N) is 1. The Balaban J connectivity index is 2.35. The van der Waals surface area contributed by atoms with Crippen molar-refractivity contribution >= 4 is 35.0 Å². The topological polar surface area (TPSA) is 49.4 Å². The minimum absolute atomic E-state index is 0.00972. The lowest BCUT2D eigenvalue weighted by Gasteiger charge is -2.32. The standard InChI is InChI=1S/C23H27Cl2FN2O2/c1-4-15(3)27-23(30)21(5-2)28(14-18-19(24)7-6-8-20(18)25)22(29)13-16-9-11-17(26)12-10-16/h6-12,15,21H,4-5,13-14H2,1-3H3,(H,27,30)/t15-,21+/m0/s1. The van der Waals surface area contributed by atoms with Crippen molar-refractivity contribution in [1.82, 2.24) is 10.2 Å². The van der Waals surface area contributed by atoms with Gasteiger partial charge in [-0.25, -0.2) is 4.39 Å². The van der Waals surface area contributed by atoms with Crippen LogP contribution in [0, 0.1) is 5.82 Å². The summed E-state index contributed by atoms with van der Waals surface area (Å²) < 4.78 is 13.2. The van der Waals surface area contributed by atoms with E-state index in [-0.39, 0.29) is 36.6 Å². The summed E-state index contributed by atoms with van der Waals surface area (Å²) >= 11 is 12.7. The summed E-state index contributed by atoms with van der Waals surface area (Å²) in [6, 6.07) is 10.2. The second-order valence-electron chi connectivity index (χ2n) is 7.27. The second kappa shape index (κ2) is 11.3. The largest absolute Gasteiger partial charge is 0.352 e. The van der Waals surface area contributed by atoms with Gasteiger partial charge in [0.15, 0.2) is 0 Å². The van der Waals surface area contributed by atoms with Gasteiger partial charge >= 0.3 is 0 Å². The summed E-state index contributed by atoms with van der Waals surface area (Å²) in [5.74, 6) is -0.850. The molecule has 1 N–H and O–H groups in total. The first-order chi connectivity index (χ1) is 14.3. The van der Waals surface area contributed by atoms with Crippen molar-refractivity contribution in [3.63, 3.8) is 0 Å². The number of nitrogens with zero attached hydrogens (tertiary/aromatic N) is 1. The predicted molar refractivity (Wildman–Crippen MR) is 119 cm³/mol. The number of hydrogen-bond acceptors (Lipinski definition) is 2. The number of benzene rings is 2. The van der Waals surface area contributed by atoms with Gasteiger partial charge in [-0.3, -0.25) is 9.59 Å². The molecule has 2 amide bonds. The normalized spacial score (nSPS) is 12.9. The Hall–Kier alpha value is -2.11. The Kier molecular flexibility index (Phi) is 9.12. The maximum absolute atomic E-state index is 13.3. The van der Waals surface area contributed by atoms with Crippen molar-refractivity contribution in [3.8, 4) is 0 Å². The second-order valence-corrected chi connectivity index (χ2v) is 8.08. The molecular formula is C23H27Cl2FN2O2. The highest BCUT2D eigenvalue weighted by atomic mass is 35.5. The molecule has 162 valence electrons. The van der Waals surface area contributed by atoms with E-state index >= 15 is 0 Å². The van der Waals surface area contributed by atoms with Gasteiger partial charge in [-0.05, 0) is 49.6 Å². The van der Waals surface area contributed by atoms with E-state index in [0.717, 1.165) is 6.42 Å². The Bertz CT molecular complexity index is 854. The Morgan fingerprint density at radius 3 is 2.17 bits per heavy atom. The summed E-state index contributed by atoms with van der Waals surface area (Å²) in [7, 11) is 0. The van der Waals surface area contributed by atoms with Crippen LogP contribution >= 0.6 is 23.2 Å². The van der Waals surface area contributed by atoms with E-state index in [4.69, 9.17) is 23.2 Å². The van der Waals surface area contributed by atoms with Crippen molar-refractivity contribution in [2.45, 2.75) is 58.7 Å². The number of halogens is 3. The number of amides is 2. The molecule has 7 heteroatoms. The predicted octanol–water partition coefficient (Wildman–Crippen LogP) is 5.40. The Morgan fingerprint density at radius 1 is 1.03 bits per heavy atom. The van der Waals surface area contributed by atoms with Crippen LogP contribution in [0.25, 0.3) is 0 Å².